The maximum atomic E-state index is 12.4. The zero-order valence-electron chi connectivity index (χ0n) is 10.7. The van der Waals surface area contributed by atoms with Crippen molar-refractivity contribution < 1.29 is 27.2 Å². The van der Waals surface area contributed by atoms with Gasteiger partial charge in [-0.1, -0.05) is 13.8 Å². The fourth-order valence-corrected chi connectivity index (χ4v) is 2.96. The average Bonchev–Trinajstić information content (AvgIpc) is 2.50. The summed E-state index contributed by atoms with van der Waals surface area (Å²) in [6.07, 6.45) is -0.432. The smallest absolute Gasteiger partial charge is 0.591 e. The van der Waals surface area contributed by atoms with Crippen molar-refractivity contribution in [2.45, 2.75) is 50.6 Å². The summed E-state index contributed by atoms with van der Waals surface area (Å²) < 4.78 is 61.0. The molecule has 0 saturated carbocycles. The first-order chi connectivity index (χ1) is 8.16. The monoisotopic (exact) mass is 289 g/mol. The van der Waals surface area contributed by atoms with Crippen LogP contribution in [-0.2, 0) is 20.8 Å². The van der Waals surface area contributed by atoms with Crippen molar-refractivity contribution in [1.29, 1.82) is 0 Å². The number of rotatable bonds is 4. The minimum Gasteiger partial charge on any atom is -0.591 e. The van der Waals surface area contributed by atoms with Crippen LogP contribution >= 0.6 is 0 Å². The first kappa shape index (κ1) is 16.0. The van der Waals surface area contributed by atoms with E-state index in [0.717, 1.165) is 0 Å². The number of hydrogen-bond donors (Lipinski definition) is 1. The van der Waals surface area contributed by atoms with Gasteiger partial charge in [0.15, 0.2) is 17.7 Å². The van der Waals surface area contributed by atoms with Crippen molar-refractivity contribution in [1.82, 2.24) is 4.72 Å². The van der Waals surface area contributed by atoms with Gasteiger partial charge in [0.2, 0.25) is 0 Å². The molecular formula is C10H18F3NO3S. The fraction of sp³-hybridized carbons (Fsp3) is 1.00. The van der Waals surface area contributed by atoms with Gasteiger partial charge in [0.05, 0.1) is 6.10 Å². The van der Waals surface area contributed by atoms with Crippen LogP contribution in [0.15, 0.2) is 0 Å². The summed E-state index contributed by atoms with van der Waals surface area (Å²) in [6, 6.07) is 0. The molecule has 1 unspecified atom stereocenters. The number of nitrogens with one attached hydrogen (secondary N) is 1. The lowest BCUT2D eigenvalue weighted by Gasteiger charge is -2.33. The van der Waals surface area contributed by atoms with Crippen LogP contribution in [0.5, 0.6) is 0 Å². The van der Waals surface area contributed by atoms with Crippen LogP contribution in [0.3, 0.4) is 0 Å². The molecule has 0 aromatic carbocycles. The zero-order chi connectivity index (χ0) is 14.1. The van der Waals surface area contributed by atoms with Crippen molar-refractivity contribution >= 4 is 11.4 Å². The molecule has 1 saturated heterocycles. The highest BCUT2D eigenvalue weighted by molar-refractivity contribution is 7.90. The lowest BCUT2D eigenvalue weighted by molar-refractivity contribution is -0.137. The van der Waals surface area contributed by atoms with E-state index in [1.807, 2.05) is 6.92 Å². The molecular weight excluding hydrogens is 271 g/mol. The third kappa shape index (κ3) is 2.93. The largest absolute Gasteiger partial charge is 0.592 e. The van der Waals surface area contributed by atoms with Crippen molar-refractivity contribution in [3.8, 4) is 0 Å². The van der Waals surface area contributed by atoms with Crippen molar-refractivity contribution in [2.24, 2.45) is 5.92 Å². The van der Waals surface area contributed by atoms with Gasteiger partial charge < -0.3 is 14.0 Å². The number of alkyl halides is 3. The Morgan fingerprint density at radius 2 is 2.06 bits per heavy atom. The summed E-state index contributed by atoms with van der Waals surface area (Å²) in [5.41, 5.74) is -5.94. The summed E-state index contributed by atoms with van der Waals surface area (Å²) in [5, 5.41) is 0. The zero-order valence-corrected chi connectivity index (χ0v) is 11.5. The molecule has 0 aliphatic carbocycles. The normalized spacial score (nSPS) is 39.0. The second-order valence-corrected chi connectivity index (χ2v) is 5.74. The Morgan fingerprint density at radius 1 is 1.50 bits per heavy atom. The van der Waals surface area contributed by atoms with Gasteiger partial charge in [0, 0.05) is 13.0 Å². The number of halogens is 3. The van der Waals surface area contributed by atoms with E-state index in [2.05, 4.69) is 4.72 Å². The molecule has 1 aliphatic rings. The molecule has 0 amide bonds. The highest BCUT2D eigenvalue weighted by atomic mass is 32.2. The SMILES string of the molecule is CC[C@H]1O[C@H](OC)[C@](C)(N[S+]([O-])C(F)(F)F)[C@@H]1C. The van der Waals surface area contributed by atoms with E-state index in [-0.39, 0.29) is 12.0 Å². The Hall–Kier alpha value is -0.0200. The lowest BCUT2D eigenvalue weighted by atomic mass is 9.85. The van der Waals surface area contributed by atoms with Gasteiger partial charge in [-0.2, -0.15) is 0 Å². The van der Waals surface area contributed by atoms with Crippen LogP contribution in [-0.4, -0.2) is 35.1 Å². The number of methoxy groups -OCH3 is 1. The van der Waals surface area contributed by atoms with Gasteiger partial charge in [-0.15, -0.1) is 17.9 Å². The van der Waals surface area contributed by atoms with Gasteiger partial charge in [-0.3, -0.25) is 0 Å². The minimum atomic E-state index is -4.80. The van der Waals surface area contributed by atoms with E-state index in [1.165, 1.54) is 14.0 Å². The Labute approximate surface area is 108 Å². The summed E-state index contributed by atoms with van der Waals surface area (Å²) in [5.74, 6) is -0.251. The van der Waals surface area contributed by atoms with Crippen LogP contribution in [0.25, 0.3) is 0 Å². The quantitative estimate of drug-likeness (QED) is 0.804. The molecule has 108 valence electrons. The average molecular weight is 289 g/mol. The third-order valence-corrected chi connectivity index (χ3v) is 4.48. The van der Waals surface area contributed by atoms with Crippen molar-refractivity contribution in [3.63, 3.8) is 0 Å². The molecule has 8 heteroatoms. The molecule has 0 spiro atoms. The maximum Gasteiger partial charge on any atom is 0.592 e. The first-order valence-electron chi connectivity index (χ1n) is 5.61. The van der Waals surface area contributed by atoms with E-state index in [4.69, 9.17) is 9.47 Å². The Kier molecular flexibility index (Phi) is 4.93. The van der Waals surface area contributed by atoms with E-state index < -0.39 is 28.7 Å². The summed E-state index contributed by atoms with van der Waals surface area (Å²) in [6.45, 7) is 5.17. The van der Waals surface area contributed by atoms with Crippen LogP contribution in [0.2, 0.25) is 0 Å². The van der Waals surface area contributed by atoms with Gasteiger partial charge in [0.25, 0.3) is 0 Å². The fourth-order valence-electron chi connectivity index (χ4n) is 2.17. The van der Waals surface area contributed by atoms with Crippen LogP contribution in [0, 0.1) is 5.92 Å². The van der Waals surface area contributed by atoms with Gasteiger partial charge >= 0.3 is 5.51 Å². The van der Waals surface area contributed by atoms with Crippen molar-refractivity contribution in [2.75, 3.05) is 7.11 Å². The predicted molar refractivity (Wildman–Crippen MR) is 60.9 cm³/mol. The molecule has 4 nitrogen and oxygen atoms in total. The topological polar surface area (TPSA) is 53.5 Å². The highest BCUT2D eigenvalue weighted by Gasteiger charge is 2.58. The van der Waals surface area contributed by atoms with Crippen LogP contribution in [0.4, 0.5) is 13.2 Å². The summed E-state index contributed by atoms with van der Waals surface area (Å²) >= 11 is -3.14. The molecule has 0 radical (unpaired) electrons. The molecule has 1 aliphatic heterocycles. The molecule has 18 heavy (non-hydrogen) atoms. The molecule has 1 rings (SSSR count). The Balaban J connectivity index is 2.88. The van der Waals surface area contributed by atoms with Gasteiger partial charge in [-0.05, 0) is 13.3 Å². The van der Waals surface area contributed by atoms with E-state index in [1.54, 1.807) is 6.92 Å². The van der Waals surface area contributed by atoms with Gasteiger partial charge in [-0.25, -0.2) is 0 Å². The summed E-state index contributed by atoms with van der Waals surface area (Å²) in [4.78, 5) is 0. The van der Waals surface area contributed by atoms with Crippen LogP contribution in [0.1, 0.15) is 27.2 Å². The number of hydrogen-bond acceptors (Lipinski definition) is 4. The van der Waals surface area contributed by atoms with Crippen molar-refractivity contribution in [3.05, 3.63) is 0 Å². The molecule has 0 bridgehead atoms. The molecule has 1 N–H and O–H groups in total. The van der Waals surface area contributed by atoms with E-state index in [9.17, 15) is 17.7 Å². The molecule has 0 aromatic heterocycles. The third-order valence-electron chi connectivity index (χ3n) is 3.43. The number of ether oxygens (including phenoxy) is 2. The second-order valence-electron chi connectivity index (χ2n) is 4.54. The predicted octanol–water partition coefficient (Wildman–Crippen LogP) is 1.94. The second kappa shape index (κ2) is 5.54. The maximum absolute atomic E-state index is 12.4. The molecule has 0 aromatic rings. The lowest BCUT2D eigenvalue weighted by Crippen LogP contribution is -2.58. The van der Waals surface area contributed by atoms with E-state index >= 15 is 0 Å². The van der Waals surface area contributed by atoms with Crippen LogP contribution < -0.4 is 4.72 Å². The molecule has 1 heterocycles. The minimum absolute atomic E-state index is 0.224. The first-order valence-corrected chi connectivity index (χ1v) is 6.76. The van der Waals surface area contributed by atoms with Gasteiger partial charge in [0.1, 0.15) is 5.54 Å². The Bertz CT molecular complexity index is 288. The standard InChI is InChI=1S/C10H18F3NO3S/c1-5-7-6(2)9(3,8(16-4)17-7)14-18(15)10(11,12)13/h6-8,14H,5H2,1-4H3/t6-,7-,8+,9-,18?/m1/s1. The molecule has 5 atom stereocenters. The highest BCUT2D eigenvalue weighted by Crippen LogP contribution is 2.39. The molecule has 1 fully saturated rings. The summed E-state index contributed by atoms with van der Waals surface area (Å²) in [7, 11) is 1.35. The Morgan fingerprint density at radius 3 is 2.44 bits per heavy atom. The van der Waals surface area contributed by atoms with E-state index in [0.29, 0.717) is 6.42 Å².